The largest absolute Gasteiger partial charge is 0.486 e. The number of carbonyl (C=O) groups excluding carboxylic acids is 1. The van der Waals surface area contributed by atoms with Crippen molar-refractivity contribution in [2.24, 2.45) is 5.92 Å². The molecule has 0 saturated carbocycles. The third kappa shape index (κ3) is 4.14. The molecule has 26 heavy (non-hydrogen) atoms. The van der Waals surface area contributed by atoms with Crippen molar-refractivity contribution in [3.63, 3.8) is 0 Å². The maximum Gasteiger partial charge on any atom is 0.244 e. The minimum atomic E-state index is -3.93. The number of anilines is 1. The molecule has 0 fully saturated rings. The highest BCUT2D eigenvalue weighted by Crippen LogP contribution is 2.32. The van der Waals surface area contributed by atoms with Gasteiger partial charge in [0.05, 0.1) is 4.90 Å². The van der Waals surface area contributed by atoms with Crippen molar-refractivity contribution >= 4 is 32.4 Å². The number of hydrogen-bond donors (Lipinski definition) is 2. The second kappa shape index (κ2) is 7.60. The van der Waals surface area contributed by atoms with Crippen molar-refractivity contribution in [1.29, 1.82) is 0 Å². The van der Waals surface area contributed by atoms with Gasteiger partial charge in [-0.05, 0) is 18.1 Å². The van der Waals surface area contributed by atoms with Gasteiger partial charge in [-0.15, -0.1) is 11.3 Å². The predicted octanol–water partition coefficient (Wildman–Crippen LogP) is 1.86. The fraction of sp³-hybridized carbons (Fsp3) is 0.375. The Hall–Kier alpha value is -2.17. The Morgan fingerprint density at radius 1 is 1.23 bits per heavy atom. The van der Waals surface area contributed by atoms with Crippen LogP contribution in [-0.2, 0) is 14.8 Å². The monoisotopic (exact) mass is 397 g/mol. The second-order valence-electron chi connectivity index (χ2n) is 5.97. The van der Waals surface area contributed by atoms with Crippen molar-refractivity contribution in [2.45, 2.75) is 24.8 Å². The molecule has 0 unspecified atom stereocenters. The number of fused-ring (bicyclic) bond motifs is 1. The summed E-state index contributed by atoms with van der Waals surface area (Å²) in [6, 6.07) is 3.42. The molecule has 0 saturated heterocycles. The van der Waals surface area contributed by atoms with Gasteiger partial charge < -0.3 is 14.8 Å². The fourth-order valence-corrected chi connectivity index (χ4v) is 4.28. The van der Waals surface area contributed by atoms with Crippen LogP contribution < -0.4 is 19.5 Å². The van der Waals surface area contributed by atoms with Crippen LogP contribution in [0.1, 0.15) is 13.8 Å². The number of nitrogens with one attached hydrogen (secondary N) is 2. The van der Waals surface area contributed by atoms with Crippen LogP contribution in [0, 0.1) is 5.92 Å². The lowest BCUT2D eigenvalue weighted by molar-refractivity contribution is -0.118. The lowest BCUT2D eigenvalue weighted by Crippen LogP contribution is -2.47. The lowest BCUT2D eigenvalue weighted by Gasteiger charge is -2.22. The highest BCUT2D eigenvalue weighted by Gasteiger charge is 2.29. The zero-order valence-corrected chi connectivity index (χ0v) is 15.9. The third-order valence-corrected chi connectivity index (χ3v) is 5.84. The van der Waals surface area contributed by atoms with Crippen LogP contribution in [0.4, 0.5) is 5.13 Å². The van der Waals surface area contributed by atoms with Gasteiger partial charge in [0.15, 0.2) is 16.6 Å². The molecule has 1 aliphatic rings. The first-order valence-corrected chi connectivity index (χ1v) is 10.4. The number of benzene rings is 1. The second-order valence-corrected chi connectivity index (χ2v) is 8.58. The summed E-state index contributed by atoms with van der Waals surface area (Å²) in [5.74, 6) is 0.141. The summed E-state index contributed by atoms with van der Waals surface area (Å²) in [6.45, 7) is 4.30. The molecule has 1 aromatic heterocycles. The molecule has 2 heterocycles. The van der Waals surface area contributed by atoms with E-state index < -0.39 is 22.0 Å². The maximum atomic E-state index is 12.7. The molecule has 1 atom stereocenters. The van der Waals surface area contributed by atoms with Gasteiger partial charge in [-0.3, -0.25) is 4.79 Å². The van der Waals surface area contributed by atoms with Gasteiger partial charge in [0.2, 0.25) is 15.9 Å². The molecule has 10 heteroatoms. The van der Waals surface area contributed by atoms with E-state index in [9.17, 15) is 13.2 Å². The summed E-state index contributed by atoms with van der Waals surface area (Å²) < 4.78 is 38.8. The highest BCUT2D eigenvalue weighted by atomic mass is 32.2. The van der Waals surface area contributed by atoms with Gasteiger partial charge in [0.25, 0.3) is 0 Å². The van der Waals surface area contributed by atoms with Crippen molar-refractivity contribution in [3.8, 4) is 11.5 Å². The zero-order valence-electron chi connectivity index (χ0n) is 14.3. The van der Waals surface area contributed by atoms with Gasteiger partial charge in [0.1, 0.15) is 19.3 Å². The minimum Gasteiger partial charge on any atom is -0.486 e. The molecule has 140 valence electrons. The van der Waals surface area contributed by atoms with Crippen LogP contribution in [0.2, 0.25) is 0 Å². The molecule has 0 spiro atoms. The summed E-state index contributed by atoms with van der Waals surface area (Å²) in [7, 11) is -3.93. The van der Waals surface area contributed by atoms with E-state index in [1.807, 2.05) is 0 Å². The molecule has 8 nitrogen and oxygen atoms in total. The first kappa shape index (κ1) is 18.6. The summed E-state index contributed by atoms with van der Waals surface area (Å²) in [4.78, 5) is 16.5. The van der Waals surface area contributed by atoms with E-state index in [2.05, 4.69) is 15.0 Å². The van der Waals surface area contributed by atoms with Gasteiger partial charge in [-0.25, -0.2) is 13.4 Å². The molecule has 0 radical (unpaired) electrons. The Morgan fingerprint density at radius 2 is 1.96 bits per heavy atom. The Morgan fingerprint density at radius 3 is 2.62 bits per heavy atom. The van der Waals surface area contributed by atoms with E-state index >= 15 is 0 Å². The van der Waals surface area contributed by atoms with E-state index in [1.165, 1.54) is 23.5 Å². The molecule has 0 aliphatic carbocycles. The number of aromatic nitrogens is 1. The van der Waals surface area contributed by atoms with Crippen LogP contribution in [0.5, 0.6) is 11.5 Å². The third-order valence-electron chi connectivity index (χ3n) is 3.72. The average Bonchev–Trinajstić information content (AvgIpc) is 3.12. The number of nitrogens with zero attached hydrogens (tertiary/aromatic N) is 1. The minimum absolute atomic E-state index is 0.00875. The first-order valence-electron chi connectivity index (χ1n) is 7.99. The Balaban J connectivity index is 1.80. The molecule has 1 aromatic carbocycles. The van der Waals surface area contributed by atoms with Crippen molar-refractivity contribution < 1.29 is 22.7 Å². The Kier molecular flexibility index (Phi) is 5.44. The van der Waals surface area contributed by atoms with Gasteiger partial charge >= 0.3 is 0 Å². The number of hydrogen-bond acceptors (Lipinski definition) is 7. The summed E-state index contributed by atoms with van der Waals surface area (Å²) in [6.07, 6.45) is 1.56. The average molecular weight is 397 g/mol. The predicted molar refractivity (Wildman–Crippen MR) is 97.1 cm³/mol. The summed E-state index contributed by atoms with van der Waals surface area (Å²) in [5, 5.41) is 4.76. The van der Waals surface area contributed by atoms with Crippen LogP contribution in [0.3, 0.4) is 0 Å². The van der Waals surface area contributed by atoms with Gasteiger partial charge in [-0.2, -0.15) is 4.72 Å². The van der Waals surface area contributed by atoms with E-state index in [0.29, 0.717) is 29.8 Å². The summed E-state index contributed by atoms with van der Waals surface area (Å²) >= 11 is 1.26. The molecular formula is C16H19N3O5S2. The molecule has 2 aromatic rings. The van der Waals surface area contributed by atoms with Crippen LogP contribution in [-0.4, -0.2) is 38.6 Å². The summed E-state index contributed by atoms with van der Waals surface area (Å²) in [5.41, 5.74) is 0. The smallest absolute Gasteiger partial charge is 0.244 e. The number of amides is 1. The molecular weight excluding hydrogens is 378 g/mol. The first-order chi connectivity index (χ1) is 12.4. The van der Waals surface area contributed by atoms with Gasteiger partial charge in [0, 0.05) is 17.6 Å². The number of thiazole rings is 1. The maximum absolute atomic E-state index is 12.7. The van der Waals surface area contributed by atoms with E-state index in [4.69, 9.17) is 9.47 Å². The Bertz CT molecular complexity index is 881. The molecule has 2 N–H and O–H groups in total. The quantitative estimate of drug-likeness (QED) is 0.771. The van der Waals surface area contributed by atoms with Crippen LogP contribution >= 0.6 is 11.3 Å². The van der Waals surface area contributed by atoms with Gasteiger partial charge in [-0.1, -0.05) is 13.8 Å². The van der Waals surface area contributed by atoms with Crippen LogP contribution in [0.25, 0.3) is 0 Å². The normalized spacial score (nSPS) is 14.9. The number of sulfonamides is 1. The van der Waals surface area contributed by atoms with E-state index in [1.54, 1.807) is 31.5 Å². The Labute approximate surface area is 155 Å². The number of ether oxygens (including phenoxy) is 2. The molecule has 0 bridgehead atoms. The lowest BCUT2D eigenvalue weighted by atomic mass is 10.1. The van der Waals surface area contributed by atoms with Crippen molar-refractivity contribution in [2.75, 3.05) is 18.5 Å². The molecule has 1 amide bonds. The standard InChI is InChI=1S/C16H19N3O5S2/c1-10(2)14(15(20)18-16-17-5-8-25-16)19-26(21,22)11-3-4-12-13(9-11)24-7-6-23-12/h3-5,8-10,14,19H,6-7H2,1-2H3,(H,17,18,20)/t14-/m0/s1. The zero-order chi connectivity index (χ0) is 18.7. The topological polar surface area (TPSA) is 107 Å². The van der Waals surface area contributed by atoms with E-state index in [0.717, 1.165) is 0 Å². The SMILES string of the molecule is CC(C)[C@H](NS(=O)(=O)c1ccc2c(c1)OCCO2)C(=O)Nc1nccs1. The molecule has 3 rings (SSSR count). The molecule has 1 aliphatic heterocycles. The fourth-order valence-electron chi connectivity index (χ4n) is 2.39. The van der Waals surface area contributed by atoms with Crippen LogP contribution in [0.15, 0.2) is 34.7 Å². The number of rotatable bonds is 6. The number of carbonyl (C=O) groups is 1. The van der Waals surface area contributed by atoms with Crippen molar-refractivity contribution in [1.82, 2.24) is 9.71 Å². The van der Waals surface area contributed by atoms with E-state index in [-0.39, 0.29) is 10.8 Å². The van der Waals surface area contributed by atoms with Crippen molar-refractivity contribution in [3.05, 3.63) is 29.8 Å². The highest BCUT2D eigenvalue weighted by molar-refractivity contribution is 7.89.